The van der Waals surface area contributed by atoms with Crippen LogP contribution in [-0.4, -0.2) is 17.7 Å². The van der Waals surface area contributed by atoms with Crippen LogP contribution in [0, 0.1) is 5.92 Å². The van der Waals surface area contributed by atoms with Gasteiger partial charge in [-0.2, -0.15) is 0 Å². The summed E-state index contributed by atoms with van der Waals surface area (Å²) in [5.41, 5.74) is 1.89. The molecule has 1 aliphatic heterocycles. The lowest BCUT2D eigenvalue weighted by Gasteiger charge is -2.35. The van der Waals surface area contributed by atoms with Crippen molar-refractivity contribution in [3.63, 3.8) is 0 Å². The number of halogens is 1. The molecule has 0 radical (unpaired) electrons. The molecule has 2 aliphatic rings. The first kappa shape index (κ1) is 19.6. The van der Waals surface area contributed by atoms with Crippen molar-refractivity contribution >= 4 is 35.0 Å². The first-order valence-electron chi connectivity index (χ1n) is 9.95. The number of piperidine rings is 1. The van der Waals surface area contributed by atoms with Gasteiger partial charge in [-0.1, -0.05) is 48.9 Å². The standard InChI is InChI=1S/C23H23ClN2O3/c1-2-23(12-11-20(27)26-22(23)29)14-7-9-15(10-8-14)25-21(28)18-13-17(18)16-5-3-4-6-19(16)24/h3-10,17-18H,2,11-13H2,1H3,(H,25,28)(H,26,27,29). The Hall–Kier alpha value is -2.66. The molecular formula is C23H23ClN2O3. The summed E-state index contributed by atoms with van der Waals surface area (Å²) in [4.78, 5) is 36.6. The summed E-state index contributed by atoms with van der Waals surface area (Å²) in [5.74, 6) is -0.399. The molecular weight excluding hydrogens is 388 g/mol. The van der Waals surface area contributed by atoms with Crippen molar-refractivity contribution < 1.29 is 14.4 Å². The van der Waals surface area contributed by atoms with Gasteiger partial charge in [0.15, 0.2) is 0 Å². The number of hydrogen-bond donors (Lipinski definition) is 2. The maximum atomic E-state index is 12.6. The minimum atomic E-state index is -0.692. The summed E-state index contributed by atoms with van der Waals surface area (Å²) in [6.45, 7) is 1.95. The number of imide groups is 1. The number of hydrogen-bond acceptors (Lipinski definition) is 3. The maximum absolute atomic E-state index is 12.6. The molecule has 0 aromatic heterocycles. The van der Waals surface area contributed by atoms with Crippen LogP contribution in [0.3, 0.4) is 0 Å². The van der Waals surface area contributed by atoms with E-state index in [2.05, 4.69) is 10.6 Å². The van der Waals surface area contributed by atoms with Gasteiger partial charge in [0.25, 0.3) is 0 Å². The van der Waals surface area contributed by atoms with E-state index in [9.17, 15) is 14.4 Å². The van der Waals surface area contributed by atoms with Gasteiger partial charge in [0.1, 0.15) is 0 Å². The Morgan fingerprint density at radius 1 is 1.17 bits per heavy atom. The highest BCUT2D eigenvalue weighted by Crippen LogP contribution is 2.50. The Kier molecular flexibility index (Phi) is 5.17. The van der Waals surface area contributed by atoms with Crippen LogP contribution in [-0.2, 0) is 19.8 Å². The third-order valence-electron chi connectivity index (χ3n) is 6.21. The fourth-order valence-corrected chi connectivity index (χ4v) is 4.55. The molecule has 150 valence electrons. The van der Waals surface area contributed by atoms with Crippen LogP contribution in [0.2, 0.25) is 5.02 Å². The number of carbonyl (C=O) groups is 3. The third-order valence-corrected chi connectivity index (χ3v) is 6.55. The molecule has 2 N–H and O–H groups in total. The SMILES string of the molecule is CCC1(c2ccc(NC(=O)C3CC3c3ccccc3Cl)cc2)CCC(=O)NC1=O. The first-order valence-corrected chi connectivity index (χ1v) is 10.3. The Balaban J connectivity index is 1.44. The highest BCUT2D eigenvalue weighted by Gasteiger charge is 2.45. The van der Waals surface area contributed by atoms with E-state index in [1.807, 2.05) is 55.5 Å². The normalized spacial score (nSPS) is 26.0. The summed E-state index contributed by atoms with van der Waals surface area (Å²) < 4.78 is 0. The molecule has 3 atom stereocenters. The quantitative estimate of drug-likeness (QED) is 0.726. The van der Waals surface area contributed by atoms with Crippen LogP contribution in [0.5, 0.6) is 0 Å². The summed E-state index contributed by atoms with van der Waals surface area (Å²) in [6.07, 6.45) is 2.24. The van der Waals surface area contributed by atoms with Crippen LogP contribution in [0.25, 0.3) is 0 Å². The van der Waals surface area contributed by atoms with Gasteiger partial charge in [0, 0.05) is 23.0 Å². The van der Waals surface area contributed by atoms with Gasteiger partial charge in [-0.3, -0.25) is 19.7 Å². The van der Waals surface area contributed by atoms with Gasteiger partial charge >= 0.3 is 0 Å². The minimum absolute atomic E-state index is 0.0196. The second-order valence-corrected chi connectivity index (χ2v) is 8.26. The molecule has 2 fully saturated rings. The topological polar surface area (TPSA) is 75.3 Å². The Morgan fingerprint density at radius 3 is 2.55 bits per heavy atom. The van der Waals surface area contributed by atoms with Crippen LogP contribution in [0.4, 0.5) is 5.69 Å². The number of amides is 3. The average molecular weight is 411 g/mol. The lowest BCUT2D eigenvalue weighted by molar-refractivity contribution is -0.138. The van der Waals surface area contributed by atoms with Crippen molar-refractivity contribution in [3.8, 4) is 0 Å². The van der Waals surface area contributed by atoms with Crippen molar-refractivity contribution in [2.75, 3.05) is 5.32 Å². The molecule has 29 heavy (non-hydrogen) atoms. The van der Waals surface area contributed by atoms with Crippen LogP contribution < -0.4 is 10.6 Å². The van der Waals surface area contributed by atoms with E-state index < -0.39 is 5.41 Å². The summed E-state index contributed by atoms with van der Waals surface area (Å²) in [6, 6.07) is 15.0. The zero-order chi connectivity index (χ0) is 20.6. The zero-order valence-corrected chi connectivity index (χ0v) is 17.0. The Morgan fingerprint density at radius 2 is 1.90 bits per heavy atom. The maximum Gasteiger partial charge on any atom is 0.237 e. The second kappa shape index (κ2) is 7.64. The van der Waals surface area contributed by atoms with E-state index in [-0.39, 0.29) is 29.6 Å². The predicted molar refractivity (Wildman–Crippen MR) is 112 cm³/mol. The number of rotatable bonds is 5. The predicted octanol–water partition coefficient (Wildman–Crippen LogP) is 4.17. The molecule has 2 aromatic rings. The highest BCUT2D eigenvalue weighted by atomic mass is 35.5. The van der Waals surface area contributed by atoms with E-state index in [0.29, 0.717) is 30.0 Å². The second-order valence-electron chi connectivity index (χ2n) is 7.85. The van der Waals surface area contributed by atoms with Gasteiger partial charge in [0.2, 0.25) is 17.7 Å². The molecule has 1 saturated heterocycles. The number of nitrogens with one attached hydrogen (secondary N) is 2. The van der Waals surface area contributed by atoms with Crippen molar-refractivity contribution in [2.45, 2.75) is 43.9 Å². The van der Waals surface area contributed by atoms with Gasteiger partial charge in [-0.05, 0) is 54.5 Å². The van der Waals surface area contributed by atoms with Gasteiger partial charge in [0.05, 0.1) is 5.41 Å². The number of benzene rings is 2. The molecule has 1 aliphatic carbocycles. The molecule has 1 saturated carbocycles. The fourth-order valence-electron chi connectivity index (χ4n) is 4.28. The van der Waals surface area contributed by atoms with Crippen molar-refractivity contribution in [1.29, 1.82) is 0 Å². The minimum Gasteiger partial charge on any atom is -0.326 e. The number of anilines is 1. The van der Waals surface area contributed by atoms with Crippen molar-refractivity contribution in [3.05, 3.63) is 64.7 Å². The van der Waals surface area contributed by atoms with E-state index in [1.54, 1.807) is 0 Å². The highest BCUT2D eigenvalue weighted by molar-refractivity contribution is 6.31. The van der Waals surface area contributed by atoms with Crippen LogP contribution in [0.1, 0.15) is 49.7 Å². The molecule has 6 heteroatoms. The Labute approximate surface area is 174 Å². The summed E-state index contributed by atoms with van der Waals surface area (Å²) >= 11 is 6.24. The molecule has 0 spiro atoms. The van der Waals surface area contributed by atoms with E-state index >= 15 is 0 Å². The summed E-state index contributed by atoms with van der Waals surface area (Å²) in [7, 11) is 0. The lowest BCUT2D eigenvalue weighted by atomic mass is 9.72. The average Bonchev–Trinajstić information content (AvgIpc) is 3.50. The van der Waals surface area contributed by atoms with Crippen molar-refractivity contribution in [1.82, 2.24) is 5.32 Å². The smallest absolute Gasteiger partial charge is 0.237 e. The van der Waals surface area contributed by atoms with Gasteiger partial charge in [-0.25, -0.2) is 0 Å². The van der Waals surface area contributed by atoms with Crippen molar-refractivity contribution in [2.24, 2.45) is 5.92 Å². The molecule has 0 bridgehead atoms. The van der Waals surface area contributed by atoms with Gasteiger partial charge < -0.3 is 5.32 Å². The van der Waals surface area contributed by atoms with E-state index in [1.165, 1.54) is 0 Å². The van der Waals surface area contributed by atoms with E-state index in [0.717, 1.165) is 17.5 Å². The summed E-state index contributed by atoms with van der Waals surface area (Å²) in [5, 5.41) is 6.12. The zero-order valence-electron chi connectivity index (χ0n) is 16.2. The van der Waals surface area contributed by atoms with Gasteiger partial charge in [-0.15, -0.1) is 0 Å². The first-order chi connectivity index (χ1) is 13.9. The molecule has 4 rings (SSSR count). The third kappa shape index (κ3) is 3.67. The molecule has 3 amide bonds. The molecule has 1 heterocycles. The largest absolute Gasteiger partial charge is 0.326 e. The molecule has 5 nitrogen and oxygen atoms in total. The Bertz CT molecular complexity index is 972. The monoisotopic (exact) mass is 410 g/mol. The lowest BCUT2D eigenvalue weighted by Crippen LogP contribution is -2.51. The van der Waals surface area contributed by atoms with Crippen LogP contribution >= 0.6 is 11.6 Å². The van der Waals surface area contributed by atoms with Crippen LogP contribution in [0.15, 0.2) is 48.5 Å². The fraction of sp³-hybridized carbons (Fsp3) is 0.348. The molecule has 2 aromatic carbocycles. The van der Waals surface area contributed by atoms with E-state index in [4.69, 9.17) is 11.6 Å². The molecule has 3 unspecified atom stereocenters. The number of carbonyl (C=O) groups excluding carboxylic acids is 3.